The van der Waals surface area contributed by atoms with Crippen molar-refractivity contribution in [3.63, 3.8) is 0 Å². The molecule has 1 aliphatic heterocycles. The third kappa shape index (κ3) is 2.81. The first-order chi connectivity index (χ1) is 11.7. The number of aryl methyl sites for hydroxylation is 1. The van der Waals surface area contributed by atoms with Gasteiger partial charge in [-0.1, -0.05) is 35.9 Å². The summed E-state index contributed by atoms with van der Waals surface area (Å²) in [5, 5.41) is 3.96. The third-order valence-electron chi connectivity index (χ3n) is 4.25. The highest BCUT2D eigenvalue weighted by Crippen LogP contribution is 2.33. The fourth-order valence-corrected chi connectivity index (χ4v) is 3.16. The molecule has 1 aliphatic rings. The molecule has 2 aromatic carbocycles. The van der Waals surface area contributed by atoms with E-state index in [2.05, 4.69) is 44.5 Å². The first-order valence-electron chi connectivity index (χ1n) is 7.92. The summed E-state index contributed by atoms with van der Waals surface area (Å²) in [6.07, 6.45) is 2.82. The van der Waals surface area contributed by atoms with Gasteiger partial charge in [-0.2, -0.15) is 4.98 Å². The van der Waals surface area contributed by atoms with Crippen LogP contribution in [0.1, 0.15) is 11.1 Å². The zero-order chi connectivity index (χ0) is 16.5. The van der Waals surface area contributed by atoms with Crippen molar-refractivity contribution in [2.75, 3.05) is 16.8 Å². The Balaban J connectivity index is 1.64. The molecule has 0 amide bonds. The number of rotatable bonds is 3. The monoisotopic (exact) mass is 336 g/mol. The molecule has 2 heterocycles. The molecule has 0 saturated carbocycles. The average Bonchev–Trinajstić information content (AvgIpc) is 3.03. The molecule has 3 aromatic rings. The molecule has 24 heavy (non-hydrogen) atoms. The van der Waals surface area contributed by atoms with Crippen molar-refractivity contribution >= 4 is 34.7 Å². The van der Waals surface area contributed by atoms with Gasteiger partial charge in [-0.15, -0.1) is 0 Å². The van der Waals surface area contributed by atoms with Gasteiger partial charge in [0.2, 0.25) is 5.95 Å². The minimum Gasteiger partial charge on any atom is -0.326 e. The maximum absolute atomic E-state index is 6.09. The van der Waals surface area contributed by atoms with Crippen molar-refractivity contribution in [3.8, 4) is 0 Å². The molecular formula is C19H17ClN4. The summed E-state index contributed by atoms with van der Waals surface area (Å²) in [6.45, 7) is 2.96. The number of para-hydroxylation sites is 1. The number of nitrogens with one attached hydrogen (secondary N) is 1. The Labute approximate surface area is 146 Å². The van der Waals surface area contributed by atoms with E-state index in [1.165, 1.54) is 11.3 Å². The molecule has 1 aromatic heterocycles. The van der Waals surface area contributed by atoms with Crippen molar-refractivity contribution in [2.24, 2.45) is 0 Å². The Morgan fingerprint density at radius 1 is 1.12 bits per heavy atom. The minimum absolute atomic E-state index is 0.572. The van der Waals surface area contributed by atoms with Gasteiger partial charge < -0.3 is 10.2 Å². The smallest absolute Gasteiger partial charge is 0.229 e. The molecule has 5 heteroatoms. The molecule has 0 bridgehead atoms. The van der Waals surface area contributed by atoms with Crippen molar-refractivity contribution < 1.29 is 0 Å². The first kappa shape index (κ1) is 15.0. The topological polar surface area (TPSA) is 41.1 Å². The van der Waals surface area contributed by atoms with E-state index < -0.39 is 0 Å². The van der Waals surface area contributed by atoms with Crippen molar-refractivity contribution in [2.45, 2.75) is 13.3 Å². The lowest BCUT2D eigenvalue weighted by Crippen LogP contribution is -2.15. The van der Waals surface area contributed by atoms with Gasteiger partial charge in [0.1, 0.15) is 5.82 Å². The fraction of sp³-hybridized carbons (Fsp3) is 0.158. The molecule has 4 nitrogen and oxygen atoms in total. The zero-order valence-electron chi connectivity index (χ0n) is 13.3. The maximum Gasteiger partial charge on any atom is 0.229 e. The fourth-order valence-electron chi connectivity index (χ4n) is 2.99. The Morgan fingerprint density at radius 2 is 2.00 bits per heavy atom. The van der Waals surface area contributed by atoms with Crippen LogP contribution in [0.4, 0.5) is 23.1 Å². The second-order valence-electron chi connectivity index (χ2n) is 5.85. The van der Waals surface area contributed by atoms with E-state index >= 15 is 0 Å². The van der Waals surface area contributed by atoms with Gasteiger partial charge in [-0.25, -0.2) is 4.98 Å². The summed E-state index contributed by atoms with van der Waals surface area (Å²) >= 11 is 6.09. The normalized spacial score (nSPS) is 13.0. The largest absolute Gasteiger partial charge is 0.326 e. The summed E-state index contributed by atoms with van der Waals surface area (Å²) in [5.74, 6) is 1.47. The summed E-state index contributed by atoms with van der Waals surface area (Å²) in [5.41, 5.74) is 4.60. The van der Waals surface area contributed by atoms with Crippen LogP contribution < -0.4 is 10.2 Å². The number of hydrogen-bond acceptors (Lipinski definition) is 4. The average molecular weight is 337 g/mol. The van der Waals surface area contributed by atoms with Gasteiger partial charge in [-0.05, 0) is 48.7 Å². The van der Waals surface area contributed by atoms with Crippen LogP contribution in [0.3, 0.4) is 0 Å². The van der Waals surface area contributed by atoms with Crippen LogP contribution >= 0.6 is 11.6 Å². The number of anilines is 4. The molecule has 0 aliphatic carbocycles. The number of benzene rings is 2. The van der Waals surface area contributed by atoms with Gasteiger partial charge in [0, 0.05) is 29.1 Å². The highest BCUT2D eigenvalue weighted by atomic mass is 35.5. The lowest BCUT2D eigenvalue weighted by molar-refractivity contribution is 0.966. The van der Waals surface area contributed by atoms with Crippen LogP contribution in [0.5, 0.6) is 0 Å². The van der Waals surface area contributed by atoms with Crippen LogP contribution in [0, 0.1) is 6.92 Å². The van der Waals surface area contributed by atoms with Crippen LogP contribution in [0.25, 0.3) is 0 Å². The lowest BCUT2D eigenvalue weighted by atomic mass is 10.2. The quantitative estimate of drug-likeness (QED) is 0.740. The van der Waals surface area contributed by atoms with Gasteiger partial charge in [0.15, 0.2) is 0 Å². The van der Waals surface area contributed by atoms with E-state index in [1.54, 1.807) is 6.20 Å². The molecule has 0 unspecified atom stereocenters. The summed E-state index contributed by atoms with van der Waals surface area (Å²) in [7, 11) is 0. The second-order valence-corrected chi connectivity index (χ2v) is 6.29. The SMILES string of the molecule is Cc1ccc(Cl)cc1Nc1nccc(N2CCc3ccccc32)n1. The van der Waals surface area contributed by atoms with E-state index in [1.807, 2.05) is 31.2 Å². The predicted molar refractivity (Wildman–Crippen MR) is 98.7 cm³/mol. The Kier molecular flexibility index (Phi) is 3.82. The molecule has 4 rings (SSSR count). The van der Waals surface area contributed by atoms with Crippen LogP contribution in [0.2, 0.25) is 5.02 Å². The third-order valence-corrected chi connectivity index (χ3v) is 4.49. The van der Waals surface area contributed by atoms with Crippen LogP contribution in [-0.2, 0) is 6.42 Å². The predicted octanol–water partition coefficient (Wildman–Crippen LogP) is 4.88. The Hall–Kier alpha value is -2.59. The van der Waals surface area contributed by atoms with Gasteiger partial charge in [-0.3, -0.25) is 0 Å². The minimum atomic E-state index is 0.572. The second kappa shape index (κ2) is 6.13. The van der Waals surface area contributed by atoms with Crippen molar-refractivity contribution in [1.29, 1.82) is 0 Å². The Morgan fingerprint density at radius 3 is 2.92 bits per heavy atom. The number of nitrogens with zero attached hydrogens (tertiary/aromatic N) is 3. The van der Waals surface area contributed by atoms with E-state index in [9.17, 15) is 0 Å². The van der Waals surface area contributed by atoms with Crippen molar-refractivity contribution in [1.82, 2.24) is 9.97 Å². The number of aromatic nitrogens is 2. The maximum atomic E-state index is 6.09. The summed E-state index contributed by atoms with van der Waals surface area (Å²) < 4.78 is 0. The number of fused-ring (bicyclic) bond motifs is 1. The highest BCUT2D eigenvalue weighted by Gasteiger charge is 2.21. The molecule has 1 N–H and O–H groups in total. The van der Waals surface area contributed by atoms with Gasteiger partial charge in [0.05, 0.1) is 0 Å². The molecule has 0 radical (unpaired) electrons. The first-order valence-corrected chi connectivity index (χ1v) is 8.30. The van der Waals surface area contributed by atoms with E-state index in [0.29, 0.717) is 11.0 Å². The van der Waals surface area contributed by atoms with Crippen LogP contribution in [-0.4, -0.2) is 16.5 Å². The van der Waals surface area contributed by atoms with E-state index in [-0.39, 0.29) is 0 Å². The van der Waals surface area contributed by atoms with Gasteiger partial charge in [0.25, 0.3) is 0 Å². The summed E-state index contributed by atoms with van der Waals surface area (Å²) in [6, 6.07) is 16.1. The standard InChI is InChI=1S/C19H17ClN4/c1-13-6-7-15(20)12-16(13)22-19-21-10-8-18(23-19)24-11-9-14-4-2-3-5-17(14)24/h2-8,10,12H,9,11H2,1H3,(H,21,22,23). The van der Waals surface area contributed by atoms with E-state index in [4.69, 9.17) is 11.6 Å². The molecule has 120 valence electrons. The summed E-state index contributed by atoms with van der Waals surface area (Å²) in [4.78, 5) is 11.3. The molecule has 0 spiro atoms. The van der Waals surface area contributed by atoms with E-state index in [0.717, 1.165) is 30.0 Å². The van der Waals surface area contributed by atoms with Gasteiger partial charge >= 0.3 is 0 Å². The van der Waals surface area contributed by atoms with Crippen LogP contribution in [0.15, 0.2) is 54.7 Å². The zero-order valence-corrected chi connectivity index (χ0v) is 14.1. The molecule has 0 fully saturated rings. The number of hydrogen-bond donors (Lipinski definition) is 1. The molecular weight excluding hydrogens is 320 g/mol. The number of halogens is 1. The Bertz CT molecular complexity index is 894. The highest BCUT2D eigenvalue weighted by molar-refractivity contribution is 6.30. The molecule has 0 atom stereocenters. The lowest BCUT2D eigenvalue weighted by Gasteiger charge is -2.19. The molecule has 0 saturated heterocycles. The van der Waals surface area contributed by atoms with Crippen molar-refractivity contribution in [3.05, 3.63) is 70.9 Å².